The van der Waals surface area contributed by atoms with Gasteiger partial charge in [-0.1, -0.05) is 48.9 Å². The zero-order valence-corrected chi connectivity index (χ0v) is 17.2. The second kappa shape index (κ2) is 10.2. The summed E-state index contributed by atoms with van der Waals surface area (Å²) in [6.07, 6.45) is 2.28. The molecule has 7 heteroatoms. The molecule has 1 atom stereocenters. The lowest BCUT2D eigenvalue weighted by atomic mass is 10.1. The van der Waals surface area contributed by atoms with E-state index in [4.69, 9.17) is 16.3 Å². The summed E-state index contributed by atoms with van der Waals surface area (Å²) in [6, 6.07) is 14.7. The third kappa shape index (κ3) is 5.87. The Labute approximate surface area is 176 Å². The molecule has 0 radical (unpaired) electrons. The van der Waals surface area contributed by atoms with Gasteiger partial charge in [0.2, 0.25) is 0 Å². The Hall–Kier alpha value is -2.73. The minimum Gasteiger partial charge on any atom is -0.444 e. The van der Waals surface area contributed by atoms with Crippen LogP contribution in [0.2, 0.25) is 5.02 Å². The molecule has 0 bridgehead atoms. The molecular weight excluding hydrogens is 390 g/mol. The topological polar surface area (TPSA) is 70.7 Å². The number of hydrogen-bond donors (Lipinski definition) is 2. The fraction of sp³-hybridized carbons (Fsp3) is 0.364. The minimum absolute atomic E-state index is 0.0815. The fourth-order valence-corrected chi connectivity index (χ4v) is 3.53. The maximum atomic E-state index is 12.5. The van der Waals surface area contributed by atoms with Gasteiger partial charge in [0, 0.05) is 29.4 Å². The summed E-state index contributed by atoms with van der Waals surface area (Å²) < 4.78 is 5.42. The van der Waals surface area contributed by atoms with E-state index in [1.165, 1.54) is 5.56 Å². The summed E-state index contributed by atoms with van der Waals surface area (Å²) >= 11 is 6.10. The highest BCUT2D eigenvalue weighted by Gasteiger charge is 2.30. The molecule has 0 spiro atoms. The van der Waals surface area contributed by atoms with Crippen LogP contribution in [0.25, 0.3) is 0 Å². The van der Waals surface area contributed by atoms with Gasteiger partial charge in [-0.3, -0.25) is 0 Å². The summed E-state index contributed by atoms with van der Waals surface area (Å²) in [6.45, 7) is 3.21. The van der Waals surface area contributed by atoms with Crippen molar-refractivity contribution in [2.24, 2.45) is 0 Å². The zero-order chi connectivity index (χ0) is 20.6. The van der Waals surface area contributed by atoms with E-state index in [9.17, 15) is 9.59 Å². The Balaban J connectivity index is 1.46. The van der Waals surface area contributed by atoms with Gasteiger partial charge in [-0.25, -0.2) is 9.59 Å². The van der Waals surface area contributed by atoms with Crippen LogP contribution in [0.3, 0.4) is 0 Å². The van der Waals surface area contributed by atoms with Gasteiger partial charge in [0.1, 0.15) is 6.61 Å². The Morgan fingerprint density at radius 2 is 1.93 bits per heavy atom. The number of nitrogens with zero attached hydrogens (tertiary/aromatic N) is 1. The van der Waals surface area contributed by atoms with Crippen LogP contribution >= 0.6 is 11.6 Å². The number of halogens is 1. The van der Waals surface area contributed by atoms with Crippen molar-refractivity contribution < 1.29 is 14.3 Å². The molecule has 154 valence electrons. The minimum atomic E-state index is -0.384. The molecule has 3 rings (SSSR count). The molecule has 1 heterocycles. The molecule has 2 aromatic rings. The van der Waals surface area contributed by atoms with Crippen LogP contribution in [0, 0.1) is 0 Å². The molecule has 1 aliphatic heterocycles. The molecule has 6 nitrogen and oxygen atoms in total. The molecule has 0 unspecified atom stereocenters. The lowest BCUT2D eigenvalue weighted by Crippen LogP contribution is -2.44. The lowest BCUT2D eigenvalue weighted by Gasteiger charge is -2.24. The normalized spacial score (nSPS) is 15.8. The SMILES string of the molecule is CCc1ccc(NC(=O)NC[C@@H]2CCCN2C(=O)OCc2ccccc2Cl)cc1. The second-order valence-corrected chi connectivity index (χ2v) is 7.43. The summed E-state index contributed by atoms with van der Waals surface area (Å²) in [5, 5.41) is 6.24. The molecule has 3 amide bonds. The molecule has 1 saturated heterocycles. The number of nitrogens with one attached hydrogen (secondary N) is 2. The number of hydrogen-bond acceptors (Lipinski definition) is 3. The van der Waals surface area contributed by atoms with E-state index in [1.54, 1.807) is 11.0 Å². The molecule has 0 aromatic heterocycles. The predicted octanol–water partition coefficient (Wildman–Crippen LogP) is 4.83. The number of amides is 3. The number of likely N-dealkylation sites (tertiary alicyclic amines) is 1. The van der Waals surface area contributed by atoms with Gasteiger partial charge in [-0.15, -0.1) is 0 Å². The van der Waals surface area contributed by atoms with Crippen LogP contribution < -0.4 is 10.6 Å². The van der Waals surface area contributed by atoms with E-state index in [1.807, 2.05) is 42.5 Å². The average Bonchev–Trinajstić information content (AvgIpc) is 3.21. The monoisotopic (exact) mass is 415 g/mol. The van der Waals surface area contributed by atoms with Gasteiger partial charge >= 0.3 is 12.1 Å². The fourth-order valence-electron chi connectivity index (χ4n) is 3.34. The number of rotatable bonds is 6. The number of aryl methyl sites for hydroxylation is 1. The van der Waals surface area contributed by atoms with Crippen molar-refractivity contribution in [2.45, 2.75) is 38.8 Å². The maximum Gasteiger partial charge on any atom is 0.410 e. The Morgan fingerprint density at radius 3 is 2.66 bits per heavy atom. The first kappa shape index (κ1) is 21.0. The van der Waals surface area contributed by atoms with Gasteiger partial charge < -0.3 is 20.3 Å². The van der Waals surface area contributed by atoms with E-state index in [2.05, 4.69) is 17.6 Å². The lowest BCUT2D eigenvalue weighted by molar-refractivity contribution is 0.0922. The van der Waals surface area contributed by atoms with Gasteiger partial charge in [0.15, 0.2) is 0 Å². The summed E-state index contributed by atoms with van der Waals surface area (Å²) in [5.41, 5.74) is 2.72. The van der Waals surface area contributed by atoms with E-state index in [-0.39, 0.29) is 24.8 Å². The van der Waals surface area contributed by atoms with Crippen molar-refractivity contribution in [1.82, 2.24) is 10.2 Å². The standard InChI is InChI=1S/C22H26ClN3O3/c1-2-16-9-11-18(12-10-16)25-21(27)24-14-19-7-5-13-26(19)22(28)29-15-17-6-3-4-8-20(17)23/h3-4,6,8-12,19H,2,5,7,13-15H2,1H3,(H2,24,25,27)/t19-/m0/s1. The predicted molar refractivity (Wildman–Crippen MR) is 114 cm³/mol. The highest BCUT2D eigenvalue weighted by molar-refractivity contribution is 6.31. The number of benzene rings is 2. The van der Waals surface area contributed by atoms with Gasteiger partial charge in [0.25, 0.3) is 0 Å². The average molecular weight is 416 g/mol. The number of urea groups is 1. The van der Waals surface area contributed by atoms with Crippen LogP contribution in [0.5, 0.6) is 0 Å². The van der Waals surface area contributed by atoms with Crippen molar-refractivity contribution >= 4 is 29.4 Å². The Kier molecular flexibility index (Phi) is 7.36. The van der Waals surface area contributed by atoms with E-state index in [0.717, 1.165) is 30.5 Å². The van der Waals surface area contributed by atoms with Crippen molar-refractivity contribution in [1.29, 1.82) is 0 Å². The molecule has 2 N–H and O–H groups in total. The number of carbonyl (C=O) groups excluding carboxylic acids is 2. The maximum absolute atomic E-state index is 12.5. The molecular formula is C22H26ClN3O3. The van der Waals surface area contributed by atoms with Gasteiger partial charge in [0.05, 0.1) is 6.04 Å². The number of anilines is 1. The molecule has 1 fully saturated rings. The van der Waals surface area contributed by atoms with Crippen molar-refractivity contribution in [3.05, 3.63) is 64.7 Å². The quantitative estimate of drug-likeness (QED) is 0.710. The molecule has 29 heavy (non-hydrogen) atoms. The summed E-state index contributed by atoms with van der Waals surface area (Å²) in [7, 11) is 0. The second-order valence-electron chi connectivity index (χ2n) is 7.02. The summed E-state index contributed by atoms with van der Waals surface area (Å²) in [4.78, 5) is 26.3. The highest BCUT2D eigenvalue weighted by Crippen LogP contribution is 2.20. The van der Waals surface area contributed by atoms with E-state index in [0.29, 0.717) is 18.1 Å². The largest absolute Gasteiger partial charge is 0.444 e. The van der Waals surface area contributed by atoms with Crippen molar-refractivity contribution in [2.75, 3.05) is 18.4 Å². The molecule has 0 saturated carbocycles. The van der Waals surface area contributed by atoms with Gasteiger partial charge in [-0.2, -0.15) is 0 Å². The Bertz CT molecular complexity index is 841. The number of ether oxygens (including phenoxy) is 1. The third-order valence-electron chi connectivity index (χ3n) is 5.04. The zero-order valence-electron chi connectivity index (χ0n) is 16.5. The first-order valence-electron chi connectivity index (χ1n) is 9.87. The third-order valence-corrected chi connectivity index (χ3v) is 5.41. The number of carbonyl (C=O) groups is 2. The molecule has 2 aromatic carbocycles. The van der Waals surface area contributed by atoms with E-state index < -0.39 is 0 Å². The van der Waals surface area contributed by atoms with Crippen molar-refractivity contribution in [3.63, 3.8) is 0 Å². The van der Waals surface area contributed by atoms with Crippen LogP contribution in [-0.2, 0) is 17.8 Å². The Morgan fingerprint density at radius 1 is 1.17 bits per heavy atom. The molecule has 0 aliphatic carbocycles. The first-order chi connectivity index (χ1) is 14.1. The van der Waals surface area contributed by atoms with Crippen LogP contribution in [0.4, 0.5) is 15.3 Å². The van der Waals surface area contributed by atoms with Crippen LogP contribution in [-0.4, -0.2) is 36.2 Å². The summed E-state index contributed by atoms with van der Waals surface area (Å²) in [5.74, 6) is 0. The van der Waals surface area contributed by atoms with E-state index >= 15 is 0 Å². The highest BCUT2D eigenvalue weighted by atomic mass is 35.5. The van der Waals surface area contributed by atoms with Gasteiger partial charge in [-0.05, 0) is 43.0 Å². The van der Waals surface area contributed by atoms with Crippen LogP contribution in [0.1, 0.15) is 30.9 Å². The molecule has 1 aliphatic rings. The van der Waals surface area contributed by atoms with Crippen molar-refractivity contribution in [3.8, 4) is 0 Å². The smallest absolute Gasteiger partial charge is 0.410 e. The first-order valence-corrected chi connectivity index (χ1v) is 10.2. The van der Waals surface area contributed by atoms with Crippen LogP contribution in [0.15, 0.2) is 48.5 Å².